The predicted molar refractivity (Wildman–Crippen MR) is 599 cm³/mol. The SMILES string of the molecule is CC(=O)c1cc(C(C)=O)c([Se]C(C)(C)C)c(C(C)=O)c1.CC(=O)c1cc([Se]C(C)(C)C)cc(C(C)=O)c1.CC(=O)c1ccc(C(C)=O)c(CC[Te]C(C)(C)C)c1.CC(C)(C)ON(C(C(=O)c1ccccc1)C(C)(C)C)C(C)(C)C.CC(C)(C)[Te]c1ccc(-c2ccc(-c3ccccc3)cc2)cc1.CC(C)(C)[Te]c1ccc2cc3ccccc3cc2c1.COC(=O)c1ccc2cc([Se]C(C)(C)C)ccc2c1. The number of ether oxygens (including phenoxy) is 1. The molecule has 0 radical (unpaired) electrons. The number of hydrogen-bond acceptors (Lipinski definition) is 12. The number of hydrogen-bond donors (Lipinski definition) is 0. The van der Waals surface area contributed by atoms with Crippen molar-refractivity contribution in [2.24, 2.45) is 5.41 Å². The van der Waals surface area contributed by atoms with Crippen LogP contribution in [0.1, 0.15) is 334 Å². The summed E-state index contributed by atoms with van der Waals surface area (Å²) in [5, 5.41) is 9.54. The predicted octanol–water partition coefficient (Wildman–Crippen LogP) is 27.9. The number of methoxy groups -OCH3 is 1. The van der Waals surface area contributed by atoms with E-state index in [1.807, 2.05) is 92.6 Å². The van der Waals surface area contributed by atoms with E-state index in [1.165, 1.54) is 99.0 Å². The molecule has 0 heterocycles. The fourth-order valence-corrected chi connectivity index (χ4v) is 29.7. The van der Waals surface area contributed by atoms with Crippen LogP contribution in [-0.2, 0) is 16.0 Å². The van der Waals surface area contributed by atoms with Gasteiger partial charge in [0.15, 0.2) is 5.78 Å². The van der Waals surface area contributed by atoms with Gasteiger partial charge in [0.05, 0.1) is 5.60 Å². The Morgan fingerprint density at radius 3 is 1.13 bits per heavy atom. The molecule has 0 amide bonds. The van der Waals surface area contributed by atoms with E-state index in [9.17, 15) is 43.2 Å². The normalized spacial score (nSPS) is 12.1. The first-order valence-corrected chi connectivity index (χ1v) is 60.2. The van der Waals surface area contributed by atoms with Crippen LogP contribution >= 0.6 is 0 Å². The van der Waals surface area contributed by atoms with Crippen molar-refractivity contribution in [3.05, 3.63) is 304 Å². The quantitative estimate of drug-likeness (QED) is 0.0207. The summed E-state index contributed by atoms with van der Waals surface area (Å²) in [4.78, 5) is 112. The number of Topliss-reactive ketones (excluding diaryl/α,β-unsaturated/α-hetero) is 8. The van der Waals surface area contributed by atoms with E-state index in [-0.39, 0.29) is 176 Å². The van der Waals surface area contributed by atoms with E-state index in [1.54, 1.807) is 47.8 Å². The molecule has 0 aliphatic carbocycles. The van der Waals surface area contributed by atoms with Gasteiger partial charge >= 0.3 is 755 Å². The second kappa shape index (κ2) is 52.7. The van der Waals surface area contributed by atoms with Gasteiger partial charge in [0.1, 0.15) is 6.04 Å². The van der Waals surface area contributed by atoms with Crippen molar-refractivity contribution >= 4 is 213 Å². The third-order valence-electron chi connectivity index (χ3n) is 20.4. The van der Waals surface area contributed by atoms with Crippen LogP contribution in [0.2, 0.25) is 27.8 Å². The van der Waals surface area contributed by atoms with Gasteiger partial charge in [-0.2, -0.15) is 5.06 Å². The van der Waals surface area contributed by atoms with E-state index >= 15 is 0 Å². The molecule has 12 aromatic rings. The first kappa shape index (κ1) is 121. The molecule has 12 nitrogen and oxygen atoms in total. The number of fused-ring (bicyclic) bond motifs is 3. The van der Waals surface area contributed by atoms with E-state index in [0.29, 0.717) is 68.6 Å². The Bertz CT molecular complexity index is 6210. The molecule has 0 saturated carbocycles. The summed E-state index contributed by atoms with van der Waals surface area (Å²) in [6, 6.07) is 84.3. The summed E-state index contributed by atoms with van der Waals surface area (Å²) >= 11 is 0.341. The zero-order valence-corrected chi connectivity index (χ0v) is 102. The van der Waals surface area contributed by atoms with Gasteiger partial charge in [-0.25, -0.2) is 0 Å². The van der Waals surface area contributed by atoms with E-state index < -0.39 is 0 Å². The van der Waals surface area contributed by atoms with E-state index in [2.05, 4.69) is 318 Å². The molecule has 0 bridgehead atoms. The molecule has 140 heavy (non-hydrogen) atoms. The monoisotopic (exact) mass is 2440 g/mol. The minimum absolute atomic E-state index is 0.0130. The summed E-state index contributed by atoms with van der Waals surface area (Å²) in [6.45, 7) is 69.6. The van der Waals surface area contributed by atoms with E-state index in [4.69, 9.17) is 9.57 Å². The van der Waals surface area contributed by atoms with E-state index in [0.717, 1.165) is 41.9 Å². The number of hydroxylamine groups is 2. The Kier molecular flexibility index (Phi) is 45.5. The van der Waals surface area contributed by atoms with Crippen molar-refractivity contribution < 1.29 is 52.7 Å². The second-order valence-corrected chi connectivity index (χ2v) is 71.9. The number of benzene rings is 12. The number of aryl methyl sites for hydroxylation is 1. The molecule has 746 valence electrons. The molecule has 12 aromatic carbocycles. The van der Waals surface area contributed by atoms with Crippen molar-refractivity contribution in [3.63, 3.8) is 0 Å². The summed E-state index contributed by atoms with van der Waals surface area (Å²) in [5.41, 5.74) is 10.8. The molecule has 0 spiro atoms. The molecular formula is C122H151NO11Se3Te3. The standard InChI is InChI=1S/C22H22Te.C20H33NO2.C18H18Te.C16H20O3Se.C16H18O2Se.C16H22O2Te.C14H18O2Se/c1-22(2,3)23-21-15-13-20(14-16-21)19-11-9-18(10-12-19)17-7-5-4-6-8-17;1-18(2,3)17(16(22)15-13-11-10-12-14-15)21(19(4,5)6)23-20(7,8)9;1-18(2,3)19-17-9-8-15-10-13-6-4-5-7-14(13)11-16(15)12-17;1-9(17)12-7-13(10(2)18)15(20-16(4,5)6)14(8-12)11(3)19;1-16(2,3)19-14-8-7-11-9-13(15(17)18-4)6-5-12(11)10-14;1-11(17)13-6-7-15(12(2)18)14(10-13)8-9-19-16(3,4)5;1-9(15)11-6-12(10(2)16)8-13(7-11)17-14(3,4)5/h4-16H,1-3H3;10-14,17H,1-9H3;4-12H,1-3H3;7-8H,1-6H3;5-10H,1-4H3;6-7,10H,8-9H2,1-5H3;6-8H,1-5H3. The average Bonchev–Trinajstić information content (AvgIpc) is 0.779. The summed E-state index contributed by atoms with van der Waals surface area (Å²) in [7, 11) is 1.40. The molecule has 0 N–H and O–H groups in total. The van der Waals surface area contributed by atoms with Crippen LogP contribution in [-0.4, -0.2) is 189 Å². The van der Waals surface area contributed by atoms with Crippen molar-refractivity contribution in [1.29, 1.82) is 0 Å². The molecule has 0 aliphatic rings. The summed E-state index contributed by atoms with van der Waals surface area (Å²) < 4.78 is 14.2. The zero-order valence-electron chi connectivity index (χ0n) is 89.6. The molecule has 0 saturated heterocycles. The number of nitrogens with zero attached hydrogens (tertiary/aromatic N) is 1. The molecule has 18 heteroatoms. The van der Waals surface area contributed by atoms with Crippen LogP contribution in [0.5, 0.6) is 0 Å². The Hall–Kier alpha value is -7.90. The van der Waals surface area contributed by atoms with Gasteiger partial charge in [-0.3, -0.25) is 9.63 Å². The zero-order chi connectivity index (χ0) is 105. The number of carbonyl (C=O) groups is 9. The molecule has 0 aromatic heterocycles. The molecule has 0 aliphatic heterocycles. The van der Waals surface area contributed by atoms with Crippen molar-refractivity contribution in [1.82, 2.24) is 5.06 Å². The molecule has 1 unspecified atom stereocenters. The van der Waals surface area contributed by atoms with Gasteiger partial charge in [-0.15, -0.1) is 0 Å². The first-order chi connectivity index (χ1) is 64.6. The molecule has 12 rings (SSSR count). The van der Waals surface area contributed by atoms with Crippen molar-refractivity contribution in [2.75, 3.05) is 7.11 Å². The Morgan fingerprint density at radius 2 is 0.700 bits per heavy atom. The second-order valence-electron chi connectivity index (χ2n) is 43.8. The average molecular weight is 2430 g/mol. The summed E-state index contributed by atoms with van der Waals surface area (Å²) in [5.74, 6) is -0.358. The number of carbonyl (C=O) groups excluding carboxylic acids is 9. The van der Waals surface area contributed by atoms with Gasteiger partial charge in [-0.05, 0) is 47.0 Å². The van der Waals surface area contributed by atoms with Crippen LogP contribution in [0.3, 0.4) is 0 Å². The fraction of sp³-hybridized carbons (Fsp3) is 0.385. The molecule has 1 atom stereocenters. The number of esters is 1. The number of ketones is 8. The van der Waals surface area contributed by atoms with Crippen LogP contribution in [0, 0.1) is 5.41 Å². The van der Waals surface area contributed by atoms with Crippen LogP contribution in [0.25, 0.3) is 54.6 Å². The van der Waals surface area contributed by atoms with Crippen LogP contribution in [0.4, 0.5) is 0 Å². The topological polar surface area (TPSA) is 175 Å². The third kappa shape index (κ3) is 42.4. The first-order valence-electron chi connectivity index (χ1n) is 47.6. The van der Waals surface area contributed by atoms with Gasteiger partial charge in [-0.1, -0.05) is 51.1 Å². The molecular weight excluding hydrogens is 2280 g/mol. The van der Waals surface area contributed by atoms with Gasteiger partial charge in [0, 0.05) is 11.1 Å². The maximum absolute atomic E-state index is 13.2. The summed E-state index contributed by atoms with van der Waals surface area (Å²) in [6.07, 6.45) is 0.912. The van der Waals surface area contributed by atoms with Gasteiger partial charge in [0.25, 0.3) is 0 Å². The number of rotatable bonds is 22. The third-order valence-corrected chi connectivity index (χ3v) is 37.6. The minimum atomic E-state index is -0.371. The maximum atomic E-state index is 13.2. The molecule has 0 fully saturated rings. The Labute approximate surface area is 887 Å². The van der Waals surface area contributed by atoms with Gasteiger partial charge < -0.3 is 0 Å². The Morgan fingerprint density at radius 1 is 0.314 bits per heavy atom. The Balaban J connectivity index is 0.000000251. The van der Waals surface area contributed by atoms with Gasteiger partial charge in [0.2, 0.25) is 0 Å². The van der Waals surface area contributed by atoms with Crippen molar-refractivity contribution in [2.45, 2.75) is 287 Å². The van der Waals surface area contributed by atoms with Crippen LogP contribution < -0.4 is 20.6 Å². The van der Waals surface area contributed by atoms with Crippen LogP contribution in [0.15, 0.2) is 249 Å². The fourth-order valence-electron chi connectivity index (χ4n) is 14.3. The van der Waals surface area contributed by atoms with Crippen molar-refractivity contribution in [3.8, 4) is 22.3 Å².